The number of ether oxygens (including phenoxy) is 1. The number of nitrogens with one attached hydrogen (secondary N) is 2. The molecule has 0 unspecified atom stereocenters. The number of carbonyl (C=O) groups is 3. The molecule has 0 aliphatic heterocycles. The van der Waals surface area contributed by atoms with Crippen molar-refractivity contribution in [1.29, 1.82) is 0 Å². The number of rotatable bonds is 6. The van der Waals surface area contributed by atoms with Crippen molar-refractivity contribution >= 4 is 29.7 Å². The Morgan fingerprint density at radius 1 is 1.10 bits per heavy atom. The molecule has 3 rings (SSSR count). The number of imide groups is 1. The SMILES string of the molecule is Cc1ccc(NC(=O)NC(=O)COC(=O)/C=C/c2cc(C)n(C3CC3)c2C)cc1C. The van der Waals surface area contributed by atoms with Crippen LogP contribution in [0, 0.1) is 27.7 Å². The molecule has 1 fully saturated rings. The number of carbonyl (C=O) groups excluding carboxylic acids is 3. The molecule has 1 aromatic heterocycles. The molecule has 1 aliphatic carbocycles. The number of esters is 1. The summed E-state index contributed by atoms with van der Waals surface area (Å²) in [6.45, 7) is 7.44. The zero-order valence-corrected chi connectivity index (χ0v) is 17.7. The highest BCUT2D eigenvalue weighted by molar-refractivity contribution is 6.02. The van der Waals surface area contributed by atoms with Gasteiger partial charge >= 0.3 is 12.0 Å². The van der Waals surface area contributed by atoms with E-state index in [1.54, 1.807) is 12.1 Å². The number of benzene rings is 1. The van der Waals surface area contributed by atoms with Crippen LogP contribution in [0.5, 0.6) is 0 Å². The van der Waals surface area contributed by atoms with Gasteiger partial charge in [0.1, 0.15) is 0 Å². The Kier molecular flexibility index (Phi) is 6.40. The second kappa shape index (κ2) is 8.98. The van der Waals surface area contributed by atoms with Crippen LogP contribution in [0.4, 0.5) is 10.5 Å². The summed E-state index contributed by atoms with van der Waals surface area (Å²) in [5, 5.41) is 4.71. The highest BCUT2D eigenvalue weighted by atomic mass is 16.5. The molecule has 2 aromatic rings. The Morgan fingerprint density at radius 2 is 1.83 bits per heavy atom. The largest absolute Gasteiger partial charge is 0.452 e. The number of amides is 3. The van der Waals surface area contributed by atoms with Crippen molar-refractivity contribution in [3.63, 3.8) is 0 Å². The van der Waals surface area contributed by atoms with E-state index in [-0.39, 0.29) is 0 Å². The second-order valence-electron chi connectivity index (χ2n) is 7.67. The Hall–Kier alpha value is -3.35. The van der Waals surface area contributed by atoms with E-state index >= 15 is 0 Å². The fourth-order valence-electron chi connectivity index (χ4n) is 3.35. The van der Waals surface area contributed by atoms with E-state index in [9.17, 15) is 14.4 Å². The molecule has 1 heterocycles. The summed E-state index contributed by atoms with van der Waals surface area (Å²) >= 11 is 0. The fourth-order valence-corrected chi connectivity index (χ4v) is 3.35. The molecular weight excluding hydrogens is 382 g/mol. The van der Waals surface area contributed by atoms with E-state index in [0.717, 1.165) is 28.1 Å². The number of hydrogen-bond acceptors (Lipinski definition) is 4. The van der Waals surface area contributed by atoms with Gasteiger partial charge in [0.25, 0.3) is 5.91 Å². The predicted octanol–water partition coefficient (Wildman–Crippen LogP) is 3.96. The molecular formula is C23H27N3O4. The van der Waals surface area contributed by atoms with Crippen LogP contribution in [0.3, 0.4) is 0 Å². The van der Waals surface area contributed by atoms with Crippen molar-refractivity contribution in [3.8, 4) is 0 Å². The average molecular weight is 409 g/mol. The van der Waals surface area contributed by atoms with Gasteiger partial charge in [0.05, 0.1) is 0 Å². The van der Waals surface area contributed by atoms with Crippen LogP contribution < -0.4 is 10.6 Å². The molecule has 0 bridgehead atoms. The van der Waals surface area contributed by atoms with E-state index in [0.29, 0.717) is 11.7 Å². The van der Waals surface area contributed by atoms with Gasteiger partial charge in [0.2, 0.25) is 0 Å². The number of aromatic nitrogens is 1. The van der Waals surface area contributed by atoms with Gasteiger partial charge in [0.15, 0.2) is 6.61 Å². The first-order valence-corrected chi connectivity index (χ1v) is 9.96. The molecule has 0 radical (unpaired) electrons. The van der Waals surface area contributed by atoms with Gasteiger partial charge in [-0.15, -0.1) is 0 Å². The minimum atomic E-state index is -0.704. The van der Waals surface area contributed by atoms with Crippen LogP contribution in [0.15, 0.2) is 30.3 Å². The lowest BCUT2D eigenvalue weighted by Crippen LogP contribution is -2.37. The monoisotopic (exact) mass is 409 g/mol. The maximum atomic E-state index is 11.9. The van der Waals surface area contributed by atoms with Crippen LogP contribution >= 0.6 is 0 Å². The number of urea groups is 1. The third-order valence-electron chi connectivity index (χ3n) is 5.20. The lowest BCUT2D eigenvalue weighted by Gasteiger charge is -2.08. The minimum absolute atomic E-state index is 0.537. The molecule has 1 aromatic carbocycles. The van der Waals surface area contributed by atoms with Crippen molar-refractivity contribution in [3.05, 3.63) is 58.4 Å². The molecule has 7 nitrogen and oxygen atoms in total. The summed E-state index contributed by atoms with van der Waals surface area (Å²) < 4.78 is 7.21. The van der Waals surface area contributed by atoms with E-state index < -0.39 is 24.5 Å². The number of aryl methyl sites for hydroxylation is 3. The van der Waals surface area contributed by atoms with Gasteiger partial charge in [-0.1, -0.05) is 6.07 Å². The average Bonchev–Trinajstić information content (AvgIpc) is 3.46. The fraction of sp³-hybridized carbons (Fsp3) is 0.348. The smallest absolute Gasteiger partial charge is 0.331 e. The quantitative estimate of drug-likeness (QED) is 0.558. The van der Waals surface area contributed by atoms with E-state index in [1.165, 1.54) is 18.9 Å². The molecule has 0 spiro atoms. The first-order valence-electron chi connectivity index (χ1n) is 9.96. The van der Waals surface area contributed by atoms with Gasteiger partial charge in [-0.25, -0.2) is 9.59 Å². The Labute approximate surface area is 176 Å². The summed E-state index contributed by atoms with van der Waals surface area (Å²) in [7, 11) is 0. The van der Waals surface area contributed by atoms with Gasteiger partial charge < -0.3 is 14.6 Å². The van der Waals surface area contributed by atoms with Crippen molar-refractivity contribution in [2.45, 2.75) is 46.6 Å². The van der Waals surface area contributed by atoms with Crippen LogP contribution in [-0.2, 0) is 14.3 Å². The normalized spacial score (nSPS) is 13.3. The summed E-state index contributed by atoms with van der Waals surface area (Å²) in [5.74, 6) is -1.35. The van der Waals surface area contributed by atoms with E-state index in [4.69, 9.17) is 4.74 Å². The summed E-state index contributed by atoms with van der Waals surface area (Å²) in [4.78, 5) is 35.7. The number of hydrogen-bond donors (Lipinski definition) is 2. The molecule has 30 heavy (non-hydrogen) atoms. The predicted molar refractivity (Wildman–Crippen MR) is 115 cm³/mol. The summed E-state index contributed by atoms with van der Waals surface area (Å²) in [6, 6.07) is 7.35. The molecule has 1 saturated carbocycles. The van der Waals surface area contributed by atoms with Gasteiger partial charge in [-0.2, -0.15) is 0 Å². The molecule has 1 aliphatic rings. The van der Waals surface area contributed by atoms with Crippen LogP contribution in [0.2, 0.25) is 0 Å². The molecule has 0 atom stereocenters. The third kappa shape index (κ3) is 5.37. The Bertz CT molecular complexity index is 1020. The lowest BCUT2D eigenvalue weighted by atomic mass is 10.1. The molecule has 3 amide bonds. The molecule has 7 heteroatoms. The van der Waals surface area contributed by atoms with Crippen LogP contribution in [-0.4, -0.2) is 29.1 Å². The molecule has 0 saturated heterocycles. The summed E-state index contributed by atoms with van der Waals surface area (Å²) in [6.07, 6.45) is 5.36. The Balaban J connectivity index is 1.45. The highest BCUT2D eigenvalue weighted by Crippen LogP contribution is 2.38. The first kappa shape index (κ1) is 21.4. The van der Waals surface area contributed by atoms with Gasteiger partial charge in [0, 0.05) is 29.2 Å². The third-order valence-corrected chi connectivity index (χ3v) is 5.20. The zero-order chi connectivity index (χ0) is 21.8. The minimum Gasteiger partial charge on any atom is -0.452 e. The van der Waals surface area contributed by atoms with E-state index in [1.807, 2.05) is 45.9 Å². The topological polar surface area (TPSA) is 89.4 Å². The Morgan fingerprint density at radius 3 is 2.50 bits per heavy atom. The van der Waals surface area contributed by atoms with Crippen LogP contribution in [0.1, 0.15) is 47.0 Å². The second-order valence-corrected chi connectivity index (χ2v) is 7.67. The van der Waals surface area contributed by atoms with Crippen molar-refractivity contribution in [1.82, 2.24) is 9.88 Å². The van der Waals surface area contributed by atoms with Crippen molar-refractivity contribution in [2.24, 2.45) is 0 Å². The standard InChI is InChI=1S/C23H27N3O4/c1-14-5-7-19(11-15(14)2)24-23(29)25-21(27)13-30-22(28)10-6-18-12-16(3)26(17(18)4)20-8-9-20/h5-7,10-12,20H,8-9,13H2,1-4H3,(H2,24,25,27,29)/b10-6+. The maximum Gasteiger partial charge on any atom is 0.331 e. The summed E-state index contributed by atoms with van der Waals surface area (Å²) in [5.41, 5.74) is 5.93. The van der Waals surface area contributed by atoms with Crippen molar-refractivity contribution < 1.29 is 19.1 Å². The van der Waals surface area contributed by atoms with Gasteiger partial charge in [-0.05, 0) is 81.5 Å². The van der Waals surface area contributed by atoms with Gasteiger partial charge in [-0.3, -0.25) is 10.1 Å². The highest BCUT2D eigenvalue weighted by Gasteiger charge is 2.26. The van der Waals surface area contributed by atoms with Crippen molar-refractivity contribution in [2.75, 3.05) is 11.9 Å². The van der Waals surface area contributed by atoms with Crippen LogP contribution in [0.25, 0.3) is 6.08 Å². The molecule has 158 valence electrons. The number of nitrogens with zero attached hydrogens (tertiary/aromatic N) is 1. The maximum absolute atomic E-state index is 11.9. The molecule has 2 N–H and O–H groups in total. The zero-order valence-electron chi connectivity index (χ0n) is 17.7. The first-order chi connectivity index (χ1) is 14.2. The number of anilines is 1. The lowest BCUT2D eigenvalue weighted by molar-refractivity contribution is -0.143. The van der Waals surface area contributed by atoms with E-state index in [2.05, 4.69) is 15.2 Å².